The minimum Gasteiger partial charge on any atom is -0.461 e. The molecule has 0 aromatic carbocycles. The zero-order valence-electron chi connectivity index (χ0n) is 28.5. The topological polar surface area (TPSA) is 257 Å². The molecule has 0 radical (unpaired) electrons. The zero-order valence-corrected chi connectivity index (χ0v) is 28.5. The van der Waals surface area contributed by atoms with Gasteiger partial charge in [0.25, 0.3) is 0 Å². The Hall–Kier alpha value is -4.46. The zero-order chi connectivity index (χ0) is 38.6. The Morgan fingerprint density at radius 3 is 0.820 bits per heavy atom. The summed E-state index contributed by atoms with van der Waals surface area (Å²) in [4.78, 5) is 73.1. The van der Waals surface area contributed by atoms with Crippen LogP contribution in [0.3, 0.4) is 0 Å². The molecule has 0 aromatic rings. The van der Waals surface area contributed by atoms with Crippen LogP contribution < -0.4 is 0 Å². The van der Waals surface area contributed by atoms with E-state index in [0.717, 1.165) is 0 Å². The molecule has 0 bridgehead atoms. The molecule has 0 rings (SSSR count). The van der Waals surface area contributed by atoms with Gasteiger partial charge in [-0.25, -0.2) is 28.8 Å². The molecule has 0 amide bonds. The second-order valence-electron chi connectivity index (χ2n) is 10.9. The van der Waals surface area contributed by atoms with Crippen LogP contribution in [0, 0.1) is 0 Å². The van der Waals surface area contributed by atoms with Gasteiger partial charge in [0.05, 0.1) is 13.2 Å². The second-order valence-corrected chi connectivity index (χ2v) is 10.9. The van der Waals surface area contributed by atoms with Crippen molar-refractivity contribution in [3.63, 3.8) is 0 Å². The van der Waals surface area contributed by atoms with Crippen LogP contribution in [0.25, 0.3) is 0 Å². The number of esters is 6. The summed E-state index contributed by atoms with van der Waals surface area (Å²) >= 11 is 0. The minimum absolute atomic E-state index is 0.0207. The molecule has 0 aromatic heterocycles. The third kappa shape index (κ3) is 19.5. The predicted molar refractivity (Wildman–Crippen MR) is 169 cm³/mol. The van der Waals surface area contributed by atoms with Gasteiger partial charge in [-0.2, -0.15) is 0 Å². The molecule has 0 spiro atoms. The maximum Gasteiger partial charge on any atom is 0.338 e. The number of hydrogen-bond donors (Lipinski definition) is 4. The lowest BCUT2D eigenvalue weighted by Gasteiger charge is -2.27. The maximum absolute atomic E-state index is 13.2. The van der Waals surface area contributed by atoms with E-state index in [-0.39, 0.29) is 22.3 Å². The highest BCUT2D eigenvalue weighted by Gasteiger charge is 2.40. The van der Waals surface area contributed by atoms with Gasteiger partial charge in [-0.3, -0.25) is 0 Å². The van der Waals surface area contributed by atoms with Gasteiger partial charge in [0.1, 0.15) is 64.1 Å². The fourth-order valence-corrected chi connectivity index (χ4v) is 2.88. The predicted octanol–water partition coefficient (Wildman–Crippen LogP) is -1.24. The molecule has 0 aliphatic heterocycles. The fraction of sp³-hybridized carbons (Fsp3) is 0.562. The third-order valence-electron chi connectivity index (χ3n) is 5.53. The normalized spacial score (nSPS) is 14.3. The molecule has 0 heterocycles. The molecular formula is C32H46O18. The lowest BCUT2D eigenvalue weighted by atomic mass is 10.2. The minimum atomic E-state index is -2.14. The maximum atomic E-state index is 13.2. The quantitative estimate of drug-likeness (QED) is 0.0489. The molecule has 282 valence electrons. The number of aliphatic hydroxyl groups is 4. The summed E-state index contributed by atoms with van der Waals surface area (Å²) in [6.45, 7) is 13.2. The summed E-state index contributed by atoms with van der Waals surface area (Å²) in [6.07, 6.45) is -10.6. The van der Waals surface area contributed by atoms with E-state index in [2.05, 4.69) is 26.3 Å². The van der Waals surface area contributed by atoms with Crippen LogP contribution in [0.5, 0.6) is 0 Å². The molecular weight excluding hydrogens is 672 g/mol. The molecule has 0 saturated heterocycles. The molecule has 6 unspecified atom stereocenters. The SMILES string of the molecule is C=C(C)C(=O)OCC(O)COC(=O)C(OCC(O)COC(=O)C(=C)C)C(OCC(O)COC(=O)C(=C)C)C(=O)OCC(O)COC(=O)C(=C)C. The second kappa shape index (κ2) is 23.8. The number of aliphatic hydroxyl groups excluding tert-OH is 4. The Balaban J connectivity index is 6.08. The highest BCUT2D eigenvalue weighted by Crippen LogP contribution is 2.13. The average molecular weight is 719 g/mol. The fourth-order valence-electron chi connectivity index (χ4n) is 2.88. The van der Waals surface area contributed by atoms with Crippen LogP contribution in [0.15, 0.2) is 48.6 Å². The van der Waals surface area contributed by atoms with Crippen molar-refractivity contribution >= 4 is 35.8 Å². The number of carbonyl (C=O) groups is 6. The standard InChI is InChI=1S/C32H46O18/c1-17(2)27(37)45-11-21(33)9-43-25(31(41)49-15-23(35)13-47-29(39)19(5)6)26(44-10-22(34)12-46-28(38)18(3)4)32(42)50-16-24(36)14-48-30(40)20(7)8/h21-26,33-36H,1,3,5,7,9-16H2,2,4,6,8H3. The van der Waals surface area contributed by atoms with E-state index in [1.807, 2.05) is 0 Å². The van der Waals surface area contributed by atoms with Crippen LogP contribution in [-0.2, 0) is 66.7 Å². The Kier molecular flexibility index (Phi) is 21.7. The van der Waals surface area contributed by atoms with E-state index >= 15 is 0 Å². The summed E-state index contributed by atoms with van der Waals surface area (Å²) in [5.74, 6) is -6.17. The summed E-state index contributed by atoms with van der Waals surface area (Å²) in [5, 5.41) is 40.9. The van der Waals surface area contributed by atoms with E-state index in [1.54, 1.807) is 0 Å². The Bertz CT molecular complexity index is 1150. The van der Waals surface area contributed by atoms with Crippen LogP contribution >= 0.6 is 0 Å². The van der Waals surface area contributed by atoms with E-state index in [4.69, 9.17) is 37.9 Å². The summed E-state index contributed by atoms with van der Waals surface area (Å²) in [6, 6.07) is 0. The van der Waals surface area contributed by atoms with Gasteiger partial charge in [-0.1, -0.05) is 26.3 Å². The average Bonchev–Trinajstić information content (AvgIpc) is 3.05. The Morgan fingerprint density at radius 1 is 0.400 bits per heavy atom. The van der Waals surface area contributed by atoms with Gasteiger partial charge in [0.15, 0.2) is 12.2 Å². The highest BCUT2D eigenvalue weighted by atomic mass is 16.6. The Labute approximate surface area is 288 Å². The largest absolute Gasteiger partial charge is 0.461 e. The summed E-state index contributed by atoms with van der Waals surface area (Å²) < 4.78 is 40.1. The van der Waals surface area contributed by atoms with Crippen LogP contribution in [0.2, 0.25) is 0 Å². The Morgan fingerprint density at radius 2 is 0.600 bits per heavy atom. The molecule has 0 fully saturated rings. The van der Waals surface area contributed by atoms with Crippen LogP contribution in [0.4, 0.5) is 0 Å². The molecule has 18 nitrogen and oxygen atoms in total. The van der Waals surface area contributed by atoms with Gasteiger partial charge in [-0.15, -0.1) is 0 Å². The van der Waals surface area contributed by atoms with E-state index < -0.39 is 125 Å². The third-order valence-corrected chi connectivity index (χ3v) is 5.53. The van der Waals surface area contributed by atoms with Crippen molar-refractivity contribution in [1.82, 2.24) is 0 Å². The number of hydrogen-bond acceptors (Lipinski definition) is 18. The monoisotopic (exact) mass is 718 g/mol. The van der Waals surface area contributed by atoms with Crippen molar-refractivity contribution in [3.05, 3.63) is 48.6 Å². The van der Waals surface area contributed by atoms with Crippen LogP contribution in [-0.4, -0.2) is 146 Å². The molecule has 6 atom stereocenters. The number of carbonyl (C=O) groups excluding carboxylic acids is 6. The lowest BCUT2D eigenvalue weighted by molar-refractivity contribution is -0.193. The van der Waals surface area contributed by atoms with Crippen molar-refractivity contribution in [3.8, 4) is 0 Å². The van der Waals surface area contributed by atoms with E-state index in [9.17, 15) is 49.2 Å². The summed E-state index contributed by atoms with van der Waals surface area (Å²) in [7, 11) is 0. The molecule has 50 heavy (non-hydrogen) atoms. The van der Waals surface area contributed by atoms with E-state index in [1.165, 1.54) is 27.7 Å². The molecule has 18 heteroatoms. The first-order valence-electron chi connectivity index (χ1n) is 14.9. The molecule has 0 saturated carbocycles. The summed E-state index contributed by atoms with van der Waals surface area (Å²) in [5.41, 5.74) is 0.105. The van der Waals surface area contributed by atoms with Gasteiger partial charge in [0, 0.05) is 22.3 Å². The molecule has 4 N–H and O–H groups in total. The first kappa shape index (κ1) is 45.5. The van der Waals surface area contributed by atoms with Gasteiger partial charge in [-0.05, 0) is 27.7 Å². The van der Waals surface area contributed by atoms with Crippen molar-refractivity contribution in [1.29, 1.82) is 0 Å². The van der Waals surface area contributed by atoms with Crippen molar-refractivity contribution < 1.29 is 87.1 Å². The highest BCUT2D eigenvalue weighted by molar-refractivity contribution is 5.88. The van der Waals surface area contributed by atoms with Gasteiger partial charge >= 0.3 is 35.8 Å². The van der Waals surface area contributed by atoms with Gasteiger partial charge in [0.2, 0.25) is 0 Å². The number of ether oxygens (including phenoxy) is 8. The van der Waals surface area contributed by atoms with Crippen molar-refractivity contribution in [2.24, 2.45) is 0 Å². The number of rotatable bonds is 25. The van der Waals surface area contributed by atoms with E-state index in [0.29, 0.717) is 0 Å². The lowest BCUT2D eigenvalue weighted by Crippen LogP contribution is -2.48. The van der Waals surface area contributed by atoms with Crippen LogP contribution in [0.1, 0.15) is 27.7 Å². The van der Waals surface area contributed by atoms with Gasteiger partial charge < -0.3 is 58.3 Å². The van der Waals surface area contributed by atoms with Crippen molar-refractivity contribution in [2.45, 2.75) is 64.3 Å². The first-order valence-corrected chi connectivity index (χ1v) is 14.9. The smallest absolute Gasteiger partial charge is 0.338 e. The van der Waals surface area contributed by atoms with Crippen molar-refractivity contribution in [2.75, 3.05) is 52.9 Å². The first-order chi connectivity index (χ1) is 23.3. The molecule has 0 aliphatic carbocycles. The molecule has 0 aliphatic rings.